The Morgan fingerprint density at radius 2 is 1.86 bits per heavy atom. The Morgan fingerprint density at radius 1 is 1.18 bits per heavy atom. The van der Waals surface area contributed by atoms with Crippen molar-refractivity contribution in [2.75, 3.05) is 19.6 Å². The molecule has 28 heavy (non-hydrogen) atoms. The van der Waals surface area contributed by atoms with Crippen LogP contribution in [0.5, 0.6) is 0 Å². The smallest absolute Gasteiger partial charge is 0.407 e. The normalized spacial score (nSPS) is 16.3. The first kappa shape index (κ1) is 20.3. The number of alkyl carbamates (subject to hydrolysis) is 1. The van der Waals surface area contributed by atoms with Crippen LogP contribution in [-0.2, 0) is 11.3 Å². The number of amides is 1. The Kier molecular flexibility index (Phi) is 6.03. The molecule has 0 aliphatic carbocycles. The molecule has 0 radical (unpaired) electrons. The van der Waals surface area contributed by atoms with Crippen molar-refractivity contribution in [3.63, 3.8) is 0 Å². The number of rotatable bonds is 4. The molecule has 0 saturated carbocycles. The molecule has 1 aromatic heterocycles. The Bertz CT molecular complexity index is 896. The minimum Gasteiger partial charge on any atom is -0.444 e. The SMILES string of the molecule is CC(C)(C)OC(=O)NC1CCN(CCn2c(=O)ccc3ccc(F)cc32)CC1. The molecule has 1 aromatic carbocycles. The van der Waals surface area contributed by atoms with Crippen molar-refractivity contribution in [2.24, 2.45) is 0 Å². The molecule has 0 spiro atoms. The molecule has 1 aliphatic rings. The summed E-state index contributed by atoms with van der Waals surface area (Å²) in [5, 5.41) is 3.77. The highest BCUT2D eigenvalue weighted by Crippen LogP contribution is 2.15. The predicted molar refractivity (Wildman–Crippen MR) is 107 cm³/mol. The van der Waals surface area contributed by atoms with Crippen LogP contribution < -0.4 is 10.9 Å². The zero-order chi connectivity index (χ0) is 20.3. The Labute approximate surface area is 164 Å². The van der Waals surface area contributed by atoms with Gasteiger partial charge in [-0.15, -0.1) is 0 Å². The lowest BCUT2D eigenvalue weighted by atomic mass is 10.1. The number of hydrogen-bond donors (Lipinski definition) is 1. The van der Waals surface area contributed by atoms with Gasteiger partial charge in [0.2, 0.25) is 0 Å². The van der Waals surface area contributed by atoms with E-state index in [0.29, 0.717) is 18.6 Å². The lowest BCUT2D eigenvalue weighted by Crippen LogP contribution is -2.46. The summed E-state index contributed by atoms with van der Waals surface area (Å²) in [7, 11) is 0. The molecule has 152 valence electrons. The van der Waals surface area contributed by atoms with Gasteiger partial charge in [-0.3, -0.25) is 4.79 Å². The summed E-state index contributed by atoms with van der Waals surface area (Å²) in [6, 6.07) is 7.85. The molecule has 1 saturated heterocycles. The third-order valence-electron chi connectivity index (χ3n) is 4.90. The van der Waals surface area contributed by atoms with Crippen LogP contribution in [0, 0.1) is 5.82 Å². The summed E-state index contributed by atoms with van der Waals surface area (Å²) in [6.45, 7) is 8.39. The van der Waals surface area contributed by atoms with Gasteiger partial charge in [0, 0.05) is 38.3 Å². The van der Waals surface area contributed by atoms with Gasteiger partial charge in [0.15, 0.2) is 0 Å². The molecule has 2 aromatic rings. The van der Waals surface area contributed by atoms with Crippen LogP contribution >= 0.6 is 0 Å². The number of likely N-dealkylation sites (tertiary alicyclic amines) is 1. The minimum absolute atomic E-state index is 0.0977. The van der Waals surface area contributed by atoms with Crippen LogP contribution in [0.4, 0.5) is 9.18 Å². The zero-order valence-electron chi connectivity index (χ0n) is 16.7. The highest BCUT2D eigenvalue weighted by molar-refractivity contribution is 5.78. The molecular formula is C21H28FN3O3. The first-order chi connectivity index (χ1) is 13.2. The van der Waals surface area contributed by atoms with Gasteiger partial charge in [-0.1, -0.05) is 0 Å². The number of hydrogen-bond acceptors (Lipinski definition) is 4. The largest absolute Gasteiger partial charge is 0.444 e. The number of aromatic nitrogens is 1. The van der Waals surface area contributed by atoms with Crippen LogP contribution in [0.1, 0.15) is 33.6 Å². The van der Waals surface area contributed by atoms with E-state index in [1.807, 2.05) is 20.8 Å². The van der Waals surface area contributed by atoms with Gasteiger partial charge in [-0.25, -0.2) is 9.18 Å². The van der Waals surface area contributed by atoms with Gasteiger partial charge in [-0.2, -0.15) is 0 Å². The van der Waals surface area contributed by atoms with Crippen LogP contribution in [0.15, 0.2) is 35.1 Å². The first-order valence-electron chi connectivity index (χ1n) is 9.72. The lowest BCUT2D eigenvalue weighted by molar-refractivity contribution is 0.0478. The number of piperidine rings is 1. The molecule has 1 amide bonds. The van der Waals surface area contributed by atoms with E-state index >= 15 is 0 Å². The van der Waals surface area contributed by atoms with Gasteiger partial charge in [0.25, 0.3) is 5.56 Å². The number of carbonyl (C=O) groups excluding carboxylic acids is 1. The van der Waals surface area contributed by atoms with Crippen LogP contribution in [0.25, 0.3) is 10.9 Å². The quantitative estimate of drug-likeness (QED) is 0.873. The molecule has 7 heteroatoms. The molecule has 1 fully saturated rings. The maximum atomic E-state index is 13.6. The van der Waals surface area contributed by atoms with Crippen molar-refractivity contribution in [2.45, 2.75) is 51.8 Å². The molecule has 0 unspecified atom stereocenters. The topological polar surface area (TPSA) is 63.6 Å². The minimum atomic E-state index is -0.504. The highest BCUT2D eigenvalue weighted by Gasteiger charge is 2.23. The number of fused-ring (bicyclic) bond motifs is 1. The Morgan fingerprint density at radius 3 is 2.54 bits per heavy atom. The van der Waals surface area contributed by atoms with Gasteiger partial charge in [-0.05, 0) is 63.3 Å². The van der Waals surface area contributed by atoms with Crippen molar-refractivity contribution in [1.82, 2.24) is 14.8 Å². The number of halogens is 1. The fourth-order valence-electron chi connectivity index (χ4n) is 3.51. The lowest BCUT2D eigenvalue weighted by Gasteiger charge is -2.33. The molecule has 0 bridgehead atoms. The van der Waals surface area contributed by atoms with E-state index in [9.17, 15) is 14.0 Å². The summed E-state index contributed by atoms with van der Waals surface area (Å²) >= 11 is 0. The molecular weight excluding hydrogens is 361 g/mol. The predicted octanol–water partition coefficient (Wildman–Crippen LogP) is 3.13. The fraction of sp³-hybridized carbons (Fsp3) is 0.524. The van der Waals surface area contributed by atoms with E-state index in [-0.39, 0.29) is 23.5 Å². The second-order valence-corrected chi connectivity index (χ2v) is 8.29. The van der Waals surface area contributed by atoms with Crippen molar-refractivity contribution in [3.05, 3.63) is 46.5 Å². The zero-order valence-corrected chi connectivity index (χ0v) is 16.7. The van der Waals surface area contributed by atoms with Gasteiger partial charge in [0.05, 0.1) is 5.52 Å². The Balaban J connectivity index is 1.54. The highest BCUT2D eigenvalue weighted by atomic mass is 19.1. The number of benzene rings is 1. The van der Waals surface area contributed by atoms with Crippen molar-refractivity contribution in [3.8, 4) is 0 Å². The summed E-state index contributed by atoms with van der Waals surface area (Å²) in [5.74, 6) is -0.346. The van der Waals surface area contributed by atoms with Gasteiger partial charge in [0.1, 0.15) is 11.4 Å². The second kappa shape index (κ2) is 8.31. The third-order valence-corrected chi connectivity index (χ3v) is 4.90. The Hall–Kier alpha value is -2.41. The fourth-order valence-corrected chi connectivity index (χ4v) is 3.51. The average Bonchev–Trinajstić information content (AvgIpc) is 2.60. The van der Waals surface area contributed by atoms with E-state index in [2.05, 4.69) is 10.2 Å². The van der Waals surface area contributed by atoms with Crippen molar-refractivity contribution in [1.29, 1.82) is 0 Å². The summed E-state index contributed by atoms with van der Waals surface area (Å²) < 4.78 is 20.6. The van der Waals surface area contributed by atoms with Crippen molar-refractivity contribution >= 4 is 17.0 Å². The first-order valence-corrected chi connectivity index (χ1v) is 9.72. The van der Waals surface area contributed by atoms with E-state index in [0.717, 1.165) is 31.3 Å². The average molecular weight is 389 g/mol. The maximum absolute atomic E-state index is 13.6. The number of pyridine rings is 1. The molecule has 1 N–H and O–H groups in total. The second-order valence-electron chi connectivity index (χ2n) is 8.29. The van der Waals surface area contributed by atoms with E-state index in [1.165, 1.54) is 18.2 Å². The number of nitrogens with one attached hydrogen (secondary N) is 1. The van der Waals surface area contributed by atoms with E-state index < -0.39 is 5.60 Å². The number of nitrogens with zero attached hydrogens (tertiary/aromatic N) is 2. The summed E-state index contributed by atoms with van der Waals surface area (Å²) in [6.07, 6.45) is 1.28. The standard InChI is InChI=1S/C21H28FN3O3/c1-21(2,3)28-20(27)23-17-8-10-24(11-9-17)12-13-25-18-14-16(22)6-4-15(18)5-7-19(25)26/h4-7,14,17H,8-13H2,1-3H3,(H,23,27). The van der Waals surface area contributed by atoms with Gasteiger partial charge < -0.3 is 19.5 Å². The summed E-state index contributed by atoms with van der Waals surface area (Å²) in [5.41, 5.74) is -0.00996. The number of ether oxygens (including phenoxy) is 1. The molecule has 2 heterocycles. The monoisotopic (exact) mass is 389 g/mol. The van der Waals surface area contributed by atoms with Gasteiger partial charge >= 0.3 is 6.09 Å². The molecule has 0 atom stereocenters. The molecule has 1 aliphatic heterocycles. The molecule has 3 rings (SSSR count). The molecule has 6 nitrogen and oxygen atoms in total. The van der Waals surface area contributed by atoms with Crippen LogP contribution in [-0.4, -0.2) is 46.8 Å². The van der Waals surface area contributed by atoms with Crippen LogP contribution in [0.3, 0.4) is 0 Å². The van der Waals surface area contributed by atoms with E-state index in [4.69, 9.17) is 4.74 Å². The summed E-state index contributed by atoms with van der Waals surface area (Å²) in [4.78, 5) is 26.4. The maximum Gasteiger partial charge on any atom is 0.407 e. The van der Waals surface area contributed by atoms with Crippen LogP contribution in [0.2, 0.25) is 0 Å². The number of carbonyl (C=O) groups is 1. The van der Waals surface area contributed by atoms with E-state index in [1.54, 1.807) is 16.7 Å². The third kappa shape index (κ3) is 5.32. The van der Waals surface area contributed by atoms with Crippen molar-refractivity contribution < 1.29 is 13.9 Å².